The Hall–Kier alpha value is -3.90. The number of benzene rings is 5. The Kier molecular flexibility index (Phi) is 5.45. The van der Waals surface area contributed by atoms with Crippen molar-refractivity contribution in [1.82, 2.24) is 0 Å². The summed E-state index contributed by atoms with van der Waals surface area (Å²) in [4.78, 5) is 0. The van der Waals surface area contributed by atoms with E-state index in [9.17, 15) is 0 Å². The van der Waals surface area contributed by atoms with Crippen LogP contribution in [0.4, 0.5) is 0 Å². The Bertz CT molecular complexity index is 1250. The quantitative estimate of drug-likeness (QED) is 0.280. The average molecular weight is 397 g/mol. The van der Waals surface area contributed by atoms with E-state index in [1.165, 1.54) is 44.5 Å². The summed E-state index contributed by atoms with van der Waals surface area (Å²) >= 11 is 0. The van der Waals surface area contributed by atoms with Crippen molar-refractivity contribution < 1.29 is 0 Å². The molecule has 0 radical (unpaired) electrons. The highest BCUT2D eigenvalue weighted by Gasteiger charge is 2.09. The molecule has 148 valence electrons. The van der Waals surface area contributed by atoms with Crippen molar-refractivity contribution in [3.8, 4) is 33.4 Å². The van der Waals surface area contributed by atoms with Gasteiger partial charge in [0.15, 0.2) is 0 Å². The van der Waals surface area contributed by atoms with E-state index >= 15 is 0 Å². The molecule has 5 aromatic carbocycles. The van der Waals surface area contributed by atoms with Gasteiger partial charge < -0.3 is 0 Å². The normalized spacial score (nSPS) is 10.7. The molecule has 0 saturated heterocycles. The van der Waals surface area contributed by atoms with Crippen molar-refractivity contribution in [2.75, 3.05) is 0 Å². The molecule has 0 spiro atoms. The molecule has 0 fully saturated rings. The van der Waals surface area contributed by atoms with Crippen LogP contribution in [0.1, 0.15) is 11.1 Å². The predicted octanol–water partition coefficient (Wildman–Crippen LogP) is 8.28. The molecule has 0 aliphatic heterocycles. The molecule has 0 heteroatoms. The maximum Gasteiger partial charge on any atom is -0.00196 e. The van der Waals surface area contributed by atoms with Gasteiger partial charge in [0, 0.05) is 0 Å². The Labute approximate surface area is 184 Å². The molecule has 0 nitrogen and oxygen atoms in total. The zero-order valence-corrected chi connectivity index (χ0v) is 17.4. The standard InChI is InChI=1S/C31H24/c1-4-10-25(11-5-1)27-18-16-24(17-19-27)22-30-21-20-29(26-12-6-2-7-13-26)23-31(30)28-14-8-3-9-15-28/h1-21,23H,22H2. The van der Waals surface area contributed by atoms with Gasteiger partial charge in [0.25, 0.3) is 0 Å². The lowest BCUT2D eigenvalue weighted by molar-refractivity contribution is 1.20. The van der Waals surface area contributed by atoms with E-state index in [4.69, 9.17) is 0 Å². The molecule has 0 N–H and O–H groups in total. The molecule has 31 heavy (non-hydrogen) atoms. The van der Waals surface area contributed by atoms with Crippen LogP contribution in [-0.2, 0) is 6.42 Å². The van der Waals surface area contributed by atoms with Crippen LogP contribution in [0.5, 0.6) is 0 Å². The summed E-state index contributed by atoms with van der Waals surface area (Å²) in [6, 6.07) is 47.7. The van der Waals surface area contributed by atoms with Crippen LogP contribution in [0.15, 0.2) is 133 Å². The molecule has 5 rings (SSSR count). The van der Waals surface area contributed by atoms with Crippen molar-refractivity contribution in [3.05, 3.63) is 145 Å². The molecule has 0 amide bonds. The lowest BCUT2D eigenvalue weighted by Gasteiger charge is -2.13. The molecule has 0 aliphatic rings. The lowest BCUT2D eigenvalue weighted by Crippen LogP contribution is -1.94. The third-order valence-corrected chi connectivity index (χ3v) is 5.76. The zero-order chi connectivity index (χ0) is 20.9. The Morgan fingerprint density at radius 1 is 0.355 bits per heavy atom. The summed E-state index contributed by atoms with van der Waals surface area (Å²) < 4.78 is 0. The van der Waals surface area contributed by atoms with E-state index in [0.717, 1.165) is 6.42 Å². The third-order valence-electron chi connectivity index (χ3n) is 5.76. The van der Waals surface area contributed by atoms with E-state index in [0.29, 0.717) is 0 Å². The Morgan fingerprint density at radius 3 is 1.39 bits per heavy atom. The van der Waals surface area contributed by atoms with Gasteiger partial charge in [-0.25, -0.2) is 0 Å². The van der Waals surface area contributed by atoms with E-state index in [-0.39, 0.29) is 0 Å². The number of rotatable bonds is 5. The van der Waals surface area contributed by atoms with Gasteiger partial charge in [-0.3, -0.25) is 0 Å². The number of hydrogen-bond donors (Lipinski definition) is 0. The van der Waals surface area contributed by atoms with Crippen molar-refractivity contribution in [2.45, 2.75) is 6.42 Å². The molecular formula is C31H24. The summed E-state index contributed by atoms with van der Waals surface area (Å²) in [6.07, 6.45) is 0.911. The molecule has 0 heterocycles. The second-order valence-corrected chi connectivity index (χ2v) is 7.84. The second-order valence-electron chi connectivity index (χ2n) is 7.84. The molecule has 0 aromatic heterocycles. The molecule has 0 unspecified atom stereocenters. The van der Waals surface area contributed by atoms with Crippen molar-refractivity contribution in [3.63, 3.8) is 0 Å². The maximum absolute atomic E-state index is 2.33. The largest absolute Gasteiger partial charge is 0.0622 e. The van der Waals surface area contributed by atoms with Crippen molar-refractivity contribution in [1.29, 1.82) is 0 Å². The van der Waals surface area contributed by atoms with Crippen LogP contribution in [0.3, 0.4) is 0 Å². The average Bonchev–Trinajstić information content (AvgIpc) is 2.86. The highest BCUT2D eigenvalue weighted by molar-refractivity contribution is 5.76. The molecule has 0 aliphatic carbocycles. The first-order chi connectivity index (χ1) is 15.4. The lowest BCUT2D eigenvalue weighted by atomic mass is 9.91. The van der Waals surface area contributed by atoms with Gasteiger partial charge in [-0.2, -0.15) is 0 Å². The summed E-state index contributed by atoms with van der Waals surface area (Å²) in [7, 11) is 0. The number of hydrogen-bond acceptors (Lipinski definition) is 0. The van der Waals surface area contributed by atoms with E-state index in [1.807, 2.05) is 0 Å². The minimum Gasteiger partial charge on any atom is -0.0622 e. The van der Waals surface area contributed by atoms with E-state index in [2.05, 4.69) is 133 Å². The monoisotopic (exact) mass is 396 g/mol. The van der Waals surface area contributed by atoms with E-state index in [1.54, 1.807) is 0 Å². The van der Waals surface area contributed by atoms with Gasteiger partial charge in [0.05, 0.1) is 0 Å². The molecular weight excluding hydrogens is 372 g/mol. The van der Waals surface area contributed by atoms with Crippen LogP contribution >= 0.6 is 0 Å². The van der Waals surface area contributed by atoms with Crippen molar-refractivity contribution >= 4 is 0 Å². The Morgan fingerprint density at radius 2 is 0.806 bits per heavy atom. The molecule has 0 atom stereocenters. The summed E-state index contributed by atoms with van der Waals surface area (Å²) in [5.41, 5.74) is 10.2. The minimum absolute atomic E-state index is 0.911. The minimum atomic E-state index is 0.911. The first-order valence-electron chi connectivity index (χ1n) is 10.7. The van der Waals surface area contributed by atoms with Gasteiger partial charge in [0.2, 0.25) is 0 Å². The topological polar surface area (TPSA) is 0 Å². The fraction of sp³-hybridized carbons (Fsp3) is 0.0323. The van der Waals surface area contributed by atoms with E-state index < -0.39 is 0 Å². The molecule has 0 saturated carbocycles. The van der Waals surface area contributed by atoms with Gasteiger partial charge in [-0.15, -0.1) is 0 Å². The Balaban J connectivity index is 1.50. The fourth-order valence-electron chi connectivity index (χ4n) is 4.09. The summed E-state index contributed by atoms with van der Waals surface area (Å²) in [5.74, 6) is 0. The van der Waals surface area contributed by atoms with Crippen LogP contribution in [0.25, 0.3) is 33.4 Å². The first kappa shape index (κ1) is 19.1. The van der Waals surface area contributed by atoms with Crippen LogP contribution in [0, 0.1) is 0 Å². The second kappa shape index (κ2) is 8.85. The third kappa shape index (κ3) is 4.34. The van der Waals surface area contributed by atoms with Crippen LogP contribution in [-0.4, -0.2) is 0 Å². The summed E-state index contributed by atoms with van der Waals surface area (Å²) in [6.45, 7) is 0. The van der Waals surface area contributed by atoms with Gasteiger partial charge in [0.1, 0.15) is 0 Å². The van der Waals surface area contributed by atoms with Gasteiger partial charge >= 0.3 is 0 Å². The van der Waals surface area contributed by atoms with Gasteiger partial charge in [-0.05, 0) is 57.0 Å². The maximum atomic E-state index is 2.33. The summed E-state index contributed by atoms with van der Waals surface area (Å²) in [5, 5.41) is 0. The first-order valence-corrected chi connectivity index (χ1v) is 10.7. The highest BCUT2D eigenvalue weighted by atomic mass is 14.1. The smallest absolute Gasteiger partial charge is 0.00196 e. The fourth-order valence-corrected chi connectivity index (χ4v) is 4.09. The predicted molar refractivity (Wildman–Crippen MR) is 132 cm³/mol. The molecule has 0 bridgehead atoms. The van der Waals surface area contributed by atoms with Crippen molar-refractivity contribution in [2.24, 2.45) is 0 Å². The molecule has 5 aromatic rings. The highest BCUT2D eigenvalue weighted by Crippen LogP contribution is 2.31. The zero-order valence-electron chi connectivity index (χ0n) is 17.4. The SMILES string of the molecule is c1ccc(-c2ccc(Cc3ccc(-c4ccccc4)cc3-c3ccccc3)cc2)cc1. The van der Waals surface area contributed by atoms with Crippen LogP contribution < -0.4 is 0 Å². The van der Waals surface area contributed by atoms with Crippen LogP contribution in [0.2, 0.25) is 0 Å². The van der Waals surface area contributed by atoms with Gasteiger partial charge in [-0.1, -0.05) is 127 Å².